The first-order valence-corrected chi connectivity index (χ1v) is 11.7. The number of ether oxygens (including phenoxy) is 1. The smallest absolute Gasteiger partial charge is 0.191 e. The molecule has 4 aromatic rings. The van der Waals surface area contributed by atoms with E-state index in [4.69, 9.17) is 16.3 Å². The van der Waals surface area contributed by atoms with E-state index in [1.165, 1.54) is 11.8 Å². The molecule has 0 bridgehead atoms. The van der Waals surface area contributed by atoms with Crippen LogP contribution in [0, 0.1) is 0 Å². The van der Waals surface area contributed by atoms with E-state index in [2.05, 4.69) is 31.9 Å². The van der Waals surface area contributed by atoms with Crippen LogP contribution in [-0.2, 0) is 11.3 Å². The van der Waals surface area contributed by atoms with Gasteiger partial charge in [0, 0.05) is 39.5 Å². The van der Waals surface area contributed by atoms with E-state index in [9.17, 15) is 5.11 Å². The van der Waals surface area contributed by atoms with Crippen LogP contribution in [0.25, 0.3) is 22.3 Å². The topological polar surface area (TPSA) is 76.0 Å². The van der Waals surface area contributed by atoms with Gasteiger partial charge in [0.15, 0.2) is 11.0 Å². The fourth-order valence-electron chi connectivity index (χ4n) is 3.62. The van der Waals surface area contributed by atoms with Crippen molar-refractivity contribution in [3.63, 3.8) is 0 Å². The number of aromatic amines is 1. The summed E-state index contributed by atoms with van der Waals surface area (Å²) in [5.74, 6) is 1.37. The van der Waals surface area contributed by atoms with Gasteiger partial charge in [0.05, 0.1) is 19.3 Å². The molecule has 2 aromatic heterocycles. The summed E-state index contributed by atoms with van der Waals surface area (Å²) in [6, 6.07) is 16.2. The van der Waals surface area contributed by atoms with Gasteiger partial charge in [0.25, 0.3) is 0 Å². The van der Waals surface area contributed by atoms with E-state index in [0.29, 0.717) is 23.4 Å². The average Bonchev–Trinajstić information content (AvgIpc) is 3.39. The van der Waals surface area contributed by atoms with Crippen LogP contribution in [0.1, 0.15) is 24.4 Å². The number of aliphatic hydroxyl groups is 1. The van der Waals surface area contributed by atoms with Gasteiger partial charge in [-0.05, 0) is 30.5 Å². The number of hydrogen-bond acceptors (Lipinski definition) is 5. The zero-order chi connectivity index (χ0) is 21.2. The van der Waals surface area contributed by atoms with Crippen molar-refractivity contribution in [2.24, 2.45) is 0 Å². The normalized spacial score (nSPS) is 14.9. The number of nitrogens with zero attached hydrogens (tertiary/aromatic N) is 3. The molecular formula is C23H23ClN4O2S. The number of rotatable bonds is 9. The first-order chi connectivity index (χ1) is 15.2. The first-order valence-electron chi connectivity index (χ1n) is 10.3. The van der Waals surface area contributed by atoms with Crippen molar-refractivity contribution in [1.82, 2.24) is 19.7 Å². The second-order valence-electron chi connectivity index (χ2n) is 7.73. The van der Waals surface area contributed by atoms with Gasteiger partial charge in [-0.3, -0.25) is 4.57 Å². The predicted molar refractivity (Wildman–Crippen MR) is 123 cm³/mol. The van der Waals surface area contributed by atoms with Gasteiger partial charge in [-0.25, -0.2) is 0 Å². The molecule has 0 radical (unpaired) electrons. The number of nitrogens with one attached hydrogen (secondary N) is 1. The molecule has 1 atom stereocenters. The molecule has 1 aliphatic carbocycles. The van der Waals surface area contributed by atoms with Crippen LogP contribution in [-0.4, -0.2) is 43.3 Å². The Hall–Kier alpha value is -2.32. The first kappa shape index (κ1) is 20.6. The average molecular weight is 455 g/mol. The van der Waals surface area contributed by atoms with Crippen molar-refractivity contribution in [2.75, 3.05) is 12.4 Å². The van der Waals surface area contributed by atoms with E-state index in [1.807, 2.05) is 42.6 Å². The van der Waals surface area contributed by atoms with E-state index in [1.54, 1.807) is 0 Å². The lowest BCUT2D eigenvalue weighted by molar-refractivity contribution is 0.0398. The summed E-state index contributed by atoms with van der Waals surface area (Å²) in [5, 5.41) is 22.0. The Kier molecular flexibility index (Phi) is 6.00. The van der Waals surface area contributed by atoms with Crippen LogP contribution in [0.3, 0.4) is 0 Å². The van der Waals surface area contributed by atoms with Crippen LogP contribution in [0.2, 0.25) is 5.02 Å². The maximum Gasteiger partial charge on any atom is 0.191 e. The molecule has 0 aliphatic heterocycles. The second-order valence-corrected chi connectivity index (χ2v) is 9.12. The molecule has 0 saturated heterocycles. The minimum Gasteiger partial charge on any atom is -0.390 e. The Labute approximate surface area is 189 Å². The highest BCUT2D eigenvalue weighted by Crippen LogP contribution is 2.42. The van der Waals surface area contributed by atoms with Crippen molar-refractivity contribution in [1.29, 1.82) is 0 Å². The van der Waals surface area contributed by atoms with Crippen molar-refractivity contribution in [2.45, 2.75) is 36.8 Å². The van der Waals surface area contributed by atoms with Gasteiger partial charge in [-0.1, -0.05) is 59.8 Å². The quantitative estimate of drug-likeness (QED) is 0.345. The van der Waals surface area contributed by atoms with Gasteiger partial charge in [0.2, 0.25) is 0 Å². The predicted octanol–water partition coefficient (Wildman–Crippen LogP) is 5.08. The number of fused-ring (bicyclic) bond motifs is 1. The Morgan fingerprint density at radius 2 is 1.97 bits per heavy atom. The van der Waals surface area contributed by atoms with Crippen molar-refractivity contribution in [3.05, 3.63) is 65.3 Å². The summed E-state index contributed by atoms with van der Waals surface area (Å²) in [6.07, 6.45) is 3.65. The third-order valence-electron chi connectivity index (χ3n) is 5.34. The number of H-pyrrole nitrogens is 1. The SMILES string of the molecule is OC(COCc1ccccc1Cl)CSc1nnc(-c2c[nH]c3ccccc23)n1C1CC1. The fourth-order valence-corrected chi connectivity index (χ4v) is 4.72. The maximum atomic E-state index is 10.4. The zero-order valence-electron chi connectivity index (χ0n) is 16.9. The highest BCUT2D eigenvalue weighted by Gasteiger charge is 2.31. The monoisotopic (exact) mass is 454 g/mol. The summed E-state index contributed by atoms with van der Waals surface area (Å²) in [7, 11) is 0. The van der Waals surface area contributed by atoms with Gasteiger partial charge in [-0.15, -0.1) is 10.2 Å². The van der Waals surface area contributed by atoms with Gasteiger partial charge < -0.3 is 14.8 Å². The number of aromatic nitrogens is 4. The molecule has 5 rings (SSSR count). The lowest BCUT2D eigenvalue weighted by Gasteiger charge is -2.12. The van der Waals surface area contributed by atoms with E-state index in [0.717, 1.165) is 45.9 Å². The lowest BCUT2D eigenvalue weighted by Crippen LogP contribution is -2.18. The van der Waals surface area contributed by atoms with Crippen LogP contribution in [0.15, 0.2) is 59.9 Å². The highest BCUT2D eigenvalue weighted by atomic mass is 35.5. The second kappa shape index (κ2) is 9.04. The van der Waals surface area contributed by atoms with Gasteiger partial charge >= 0.3 is 0 Å². The van der Waals surface area contributed by atoms with E-state index < -0.39 is 6.10 Å². The largest absolute Gasteiger partial charge is 0.390 e. The molecule has 0 amide bonds. The molecule has 31 heavy (non-hydrogen) atoms. The summed E-state index contributed by atoms with van der Waals surface area (Å²) in [5.41, 5.74) is 3.06. The van der Waals surface area contributed by atoms with E-state index in [-0.39, 0.29) is 6.61 Å². The Morgan fingerprint density at radius 1 is 1.16 bits per heavy atom. The minimum absolute atomic E-state index is 0.241. The molecule has 2 heterocycles. The fraction of sp³-hybridized carbons (Fsp3) is 0.304. The minimum atomic E-state index is -0.603. The van der Waals surface area contributed by atoms with Gasteiger partial charge in [-0.2, -0.15) is 0 Å². The Balaban J connectivity index is 1.24. The number of hydrogen-bond donors (Lipinski definition) is 2. The summed E-state index contributed by atoms with van der Waals surface area (Å²) >= 11 is 7.67. The molecule has 2 aromatic carbocycles. The third kappa shape index (κ3) is 4.50. The molecule has 1 aliphatic rings. The molecule has 1 fully saturated rings. The number of halogens is 1. The molecule has 0 spiro atoms. The Morgan fingerprint density at radius 3 is 2.81 bits per heavy atom. The maximum absolute atomic E-state index is 10.4. The molecule has 1 saturated carbocycles. The van der Waals surface area contributed by atoms with Crippen molar-refractivity contribution >= 4 is 34.3 Å². The lowest BCUT2D eigenvalue weighted by atomic mass is 10.1. The van der Waals surface area contributed by atoms with Gasteiger partial charge in [0.1, 0.15) is 0 Å². The summed E-state index contributed by atoms with van der Waals surface area (Å²) in [6.45, 7) is 0.620. The van der Waals surface area contributed by atoms with Crippen LogP contribution >= 0.6 is 23.4 Å². The van der Waals surface area contributed by atoms with Crippen molar-refractivity contribution in [3.8, 4) is 11.4 Å². The molecule has 2 N–H and O–H groups in total. The third-order valence-corrected chi connectivity index (χ3v) is 6.79. The number of aliphatic hydroxyl groups excluding tert-OH is 1. The number of benzene rings is 2. The van der Waals surface area contributed by atoms with Crippen LogP contribution < -0.4 is 0 Å². The van der Waals surface area contributed by atoms with Crippen LogP contribution in [0.5, 0.6) is 0 Å². The molecule has 6 nitrogen and oxygen atoms in total. The number of thioether (sulfide) groups is 1. The standard InChI is InChI=1S/C23H23ClN4O2S/c24-20-7-3-1-5-15(20)12-30-13-17(29)14-31-23-27-26-22(28(23)16-9-10-16)19-11-25-21-8-4-2-6-18(19)21/h1-8,11,16-17,25,29H,9-10,12-14H2. The number of para-hydroxylation sites is 1. The highest BCUT2D eigenvalue weighted by molar-refractivity contribution is 7.99. The molecule has 1 unspecified atom stereocenters. The summed E-state index contributed by atoms with van der Waals surface area (Å²) in [4.78, 5) is 3.32. The summed E-state index contributed by atoms with van der Waals surface area (Å²) < 4.78 is 7.88. The van der Waals surface area contributed by atoms with E-state index >= 15 is 0 Å². The zero-order valence-corrected chi connectivity index (χ0v) is 18.4. The Bertz CT molecular complexity index is 1190. The van der Waals surface area contributed by atoms with Crippen molar-refractivity contribution < 1.29 is 9.84 Å². The van der Waals surface area contributed by atoms with Crippen LogP contribution in [0.4, 0.5) is 0 Å². The molecular weight excluding hydrogens is 432 g/mol. The molecule has 8 heteroatoms. The molecule has 160 valence electrons.